The molecule has 2 aromatic carbocycles. The largest absolute Gasteiger partial charge is 0.438 e. The number of hydrogen-bond acceptors (Lipinski definition) is 3. The Morgan fingerprint density at radius 1 is 0.491 bits per heavy atom. The van der Waals surface area contributed by atoms with Crippen LogP contribution in [0.2, 0.25) is 0 Å². The Morgan fingerprint density at radius 2 is 0.909 bits per heavy atom. The third-order valence-corrected chi connectivity index (χ3v) is 13.1. The summed E-state index contributed by atoms with van der Waals surface area (Å²) < 4.78 is 10.5. The molecule has 0 spiro atoms. The van der Waals surface area contributed by atoms with Crippen LogP contribution in [0.3, 0.4) is 0 Å². The van der Waals surface area contributed by atoms with E-state index in [0.717, 1.165) is 24.7 Å². The van der Waals surface area contributed by atoms with Gasteiger partial charge in [-0.25, -0.2) is 0 Å². The molecule has 308 valence electrons. The molecule has 0 aliphatic carbocycles. The Labute approximate surface area is 343 Å². The quantitative estimate of drug-likeness (QED) is 0.0437. The zero-order valence-corrected chi connectivity index (χ0v) is 36.8. The third kappa shape index (κ3) is 18.2. The van der Waals surface area contributed by atoms with Gasteiger partial charge in [-0.2, -0.15) is 4.57 Å². The molecule has 1 aliphatic rings. The van der Waals surface area contributed by atoms with Crippen LogP contribution in [0, 0.1) is 0 Å². The highest BCUT2D eigenvalue weighted by molar-refractivity contribution is 7.18. The number of hydrogen-bond donors (Lipinski definition) is 0. The smallest absolute Gasteiger partial charge is 0.268 e. The molecule has 1 aromatic heterocycles. The van der Waals surface area contributed by atoms with Crippen LogP contribution in [-0.2, 0) is 6.54 Å². The molecule has 4 heteroatoms. The zero-order valence-electron chi connectivity index (χ0n) is 35.9. The molecule has 2 heterocycles. The van der Waals surface area contributed by atoms with Gasteiger partial charge in [0.15, 0.2) is 12.3 Å². The van der Waals surface area contributed by atoms with Crippen molar-refractivity contribution in [2.75, 3.05) is 11.4 Å². The second kappa shape index (κ2) is 29.8. The Kier molecular flexibility index (Phi) is 24.6. The van der Waals surface area contributed by atoms with Crippen LogP contribution in [0.25, 0.3) is 16.3 Å². The maximum atomic E-state index is 6.57. The second-order valence-corrected chi connectivity index (χ2v) is 17.9. The van der Waals surface area contributed by atoms with Crippen LogP contribution in [0.4, 0.5) is 5.69 Å². The first-order chi connectivity index (χ1) is 27.3. The van der Waals surface area contributed by atoms with Crippen molar-refractivity contribution >= 4 is 33.3 Å². The summed E-state index contributed by atoms with van der Waals surface area (Å²) >= 11 is 1.91. The highest BCUT2D eigenvalue weighted by Gasteiger charge is 2.28. The van der Waals surface area contributed by atoms with Crippen molar-refractivity contribution in [2.45, 2.75) is 226 Å². The summed E-state index contributed by atoms with van der Waals surface area (Å²) in [5, 5.41) is 1.31. The number of aromatic nitrogens is 1. The molecule has 1 aliphatic heterocycles. The van der Waals surface area contributed by atoms with E-state index >= 15 is 0 Å². The Balaban J connectivity index is 1.14. The highest BCUT2D eigenvalue weighted by atomic mass is 32.1. The number of benzene rings is 2. The van der Waals surface area contributed by atoms with E-state index in [0.29, 0.717) is 0 Å². The number of anilines is 1. The molecule has 3 aromatic rings. The number of para-hydroxylation sites is 3. The molecule has 55 heavy (non-hydrogen) atoms. The van der Waals surface area contributed by atoms with E-state index in [4.69, 9.17) is 4.74 Å². The number of nitrogens with zero attached hydrogens (tertiary/aromatic N) is 2. The summed E-state index contributed by atoms with van der Waals surface area (Å²) in [6.07, 6.45) is 47.3. The van der Waals surface area contributed by atoms with Gasteiger partial charge in [0.2, 0.25) is 11.4 Å². The lowest BCUT2D eigenvalue weighted by atomic mass is 10.0. The van der Waals surface area contributed by atoms with E-state index in [-0.39, 0.29) is 0 Å². The fourth-order valence-electron chi connectivity index (χ4n) is 8.52. The maximum Gasteiger partial charge on any atom is 0.268 e. The maximum absolute atomic E-state index is 6.57. The number of unbranched alkanes of at least 4 members (excludes halogenated alkanes) is 30. The van der Waals surface area contributed by atoms with Gasteiger partial charge in [-0.15, -0.1) is 0 Å². The molecule has 0 radical (unpaired) electrons. The highest BCUT2D eigenvalue weighted by Crippen LogP contribution is 2.40. The van der Waals surface area contributed by atoms with Crippen LogP contribution >= 0.6 is 11.3 Å². The lowest BCUT2D eigenvalue weighted by Gasteiger charge is -2.18. The summed E-state index contributed by atoms with van der Waals surface area (Å²) in [5.74, 6) is 1.99. The third-order valence-electron chi connectivity index (χ3n) is 12.0. The van der Waals surface area contributed by atoms with Crippen molar-refractivity contribution in [3.05, 3.63) is 59.4 Å². The summed E-state index contributed by atoms with van der Waals surface area (Å²) in [7, 11) is 0. The van der Waals surface area contributed by atoms with Gasteiger partial charge in [-0.05, 0) is 31.0 Å². The Hall–Kier alpha value is -2.33. The van der Waals surface area contributed by atoms with E-state index < -0.39 is 0 Å². The lowest BCUT2D eigenvalue weighted by molar-refractivity contribution is -0.669. The number of fused-ring (bicyclic) bond motifs is 2. The van der Waals surface area contributed by atoms with Crippen molar-refractivity contribution < 1.29 is 9.30 Å². The van der Waals surface area contributed by atoms with E-state index in [2.05, 4.69) is 77.9 Å². The van der Waals surface area contributed by atoms with Crippen LogP contribution in [-0.4, -0.2) is 6.54 Å². The lowest BCUT2D eigenvalue weighted by Crippen LogP contribution is -2.35. The number of aryl methyl sites for hydroxylation is 1. The fourth-order valence-corrected chi connectivity index (χ4v) is 9.64. The standard InChI is InChI=1S/C51H83N2OS/c1-3-5-7-9-11-13-15-17-19-21-23-25-27-29-31-37-43-52-46-39-33-35-41-48(46)54-50(52)45-51-53(47-40-34-36-42-49(47)55-51)44-38-32-30-28-26-24-22-20-18-16-14-12-10-8-6-4-2/h33-36,39-42,45H,3-32,37-38,43-44H2,1-2H3/q+1. The van der Waals surface area contributed by atoms with Crippen LogP contribution < -0.4 is 14.2 Å². The zero-order chi connectivity index (χ0) is 38.4. The number of thiazole rings is 1. The Bertz CT molecular complexity index is 1410. The molecule has 0 atom stereocenters. The fraction of sp³-hybridized carbons (Fsp3) is 0.706. The molecular formula is C51H83N2OS+. The number of rotatable bonds is 35. The molecule has 0 saturated heterocycles. The normalized spacial score (nSPS) is 13.3. The molecule has 4 rings (SSSR count). The van der Waals surface area contributed by atoms with Gasteiger partial charge in [0.1, 0.15) is 4.70 Å². The predicted octanol–water partition coefficient (Wildman–Crippen LogP) is 16.9. The molecule has 0 unspecified atom stereocenters. The first kappa shape index (κ1) is 45.4. The van der Waals surface area contributed by atoms with E-state index in [1.54, 1.807) is 0 Å². The summed E-state index contributed by atoms with van der Waals surface area (Å²) in [6, 6.07) is 17.6. The molecular weight excluding hydrogens is 689 g/mol. The minimum absolute atomic E-state index is 0.995. The van der Waals surface area contributed by atoms with Gasteiger partial charge in [0.25, 0.3) is 5.01 Å². The monoisotopic (exact) mass is 772 g/mol. The molecule has 3 nitrogen and oxygen atoms in total. The predicted molar refractivity (Wildman–Crippen MR) is 244 cm³/mol. The molecule has 0 saturated carbocycles. The summed E-state index contributed by atoms with van der Waals surface area (Å²) in [5.41, 5.74) is 2.58. The van der Waals surface area contributed by atoms with Crippen molar-refractivity contribution in [3.63, 3.8) is 0 Å². The first-order valence-electron chi connectivity index (χ1n) is 24.0. The van der Waals surface area contributed by atoms with Crippen molar-refractivity contribution in [1.82, 2.24) is 0 Å². The van der Waals surface area contributed by atoms with Gasteiger partial charge in [-0.1, -0.05) is 236 Å². The van der Waals surface area contributed by atoms with Crippen LogP contribution in [0.15, 0.2) is 54.4 Å². The summed E-state index contributed by atoms with van der Waals surface area (Å²) in [6.45, 7) is 6.71. The van der Waals surface area contributed by atoms with E-state index in [1.807, 2.05) is 11.3 Å². The molecule has 0 N–H and O–H groups in total. The Morgan fingerprint density at radius 3 is 1.42 bits per heavy atom. The van der Waals surface area contributed by atoms with Gasteiger partial charge in [0, 0.05) is 19.0 Å². The second-order valence-electron chi connectivity index (χ2n) is 16.9. The SMILES string of the molecule is CCCCCCCCCCCCCCCCCCN1/C(=C\c2sc3ccccc3[n+]2CCCCCCCCCCCCCCCCCC)Oc2ccccc21. The van der Waals surface area contributed by atoms with Gasteiger partial charge < -0.3 is 9.64 Å². The summed E-state index contributed by atoms with van der Waals surface area (Å²) in [4.78, 5) is 2.45. The minimum Gasteiger partial charge on any atom is -0.438 e. The van der Waals surface area contributed by atoms with Gasteiger partial charge >= 0.3 is 0 Å². The van der Waals surface area contributed by atoms with Gasteiger partial charge in [-0.3, -0.25) is 0 Å². The van der Waals surface area contributed by atoms with Crippen LogP contribution in [0.1, 0.15) is 224 Å². The van der Waals surface area contributed by atoms with Crippen molar-refractivity contribution in [1.29, 1.82) is 0 Å². The average Bonchev–Trinajstić information content (AvgIpc) is 3.74. The topological polar surface area (TPSA) is 16.4 Å². The molecule has 0 amide bonds. The van der Waals surface area contributed by atoms with Gasteiger partial charge in [0.05, 0.1) is 11.8 Å². The van der Waals surface area contributed by atoms with Crippen molar-refractivity contribution in [2.24, 2.45) is 0 Å². The van der Waals surface area contributed by atoms with Crippen LogP contribution in [0.5, 0.6) is 5.75 Å². The number of ether oxygens (including phenoxy) is 1. The molecule has 0 fully saturated rings. The van der Waals surface area contributed by atoms with E-state index in [9.17, 15) is 0 Å². The average molecular weight is 772 g/mol. The van der Waals surface area contributed by atoms with Crippen molar-refractivity contribution in [3.8, 4) is 5.75 Å². The van der Waals surface area contributed by atoms with E-state index in [1.165, 1.54) is 226 Å². The first-order valence-corrected chi connectivity index (χ1v) is 24.8. The minimum atomic E-state index is 0.995. The molecule has 0 bridgehead atoms.